The molecule has 3 rings (SSSR count). The summed E-state index contributed by atoms with van der Waals surface area (Å²) in [7, 11) is -3.38. The third-order valence-corrected chi connectivity index (χ3v) is 6.59. The molecule has 0 fully saturated rings. The van der Waals surface area contributed by atoms with Gasteiger partial charge in [-0.05, 0) is 55.5 Å². The van der Waals surface area contributed by atoms with Gasteiger partial charge < -0.3 is 4.74 Å². The zero-order chi connectivity index (χ0) is 20.5. The summed E-state index contributed by atoms with van der Waals surface area (Å²) in [6, 6.07) is 11.7. The highest BCUT2D eigenvalue weighted by Crippen LogP contribution is 2.34. The summed E-state index contributed by atoms with van der Waals surface area (Å²) in [5.74, 6) is -0.888. The third-order valence-electron chi connectivity index (χ3n) is 4.57. The maximum Gasteiger partial charge on any atom is 0.338 e. The molecule has 0 saturated heterocycles. The Morgan fingerprint density at radius 2 is 1.79 bits per heavy atom. The number of anilines is 1. The molecule has 0 aliphatic carbocycles. The van der Waals surface area contributed by atoms with E-state index in [0.29, 0.717) is 23.2 Å². The molecular weight excluding hydrogens is 398 g/mol. The van der Waals surface area contributed by atoms with Gasteiger partial charge in [0.15, 0.2) is 12.4 Å². The van der Waals surface area contributed by atoms with Gasteiger partial charge in [0, 0.05) is 16.5 Å². The lowest BCUT2D eigenvalue weighted by molar-refractivity contribution is 0.0474. The summed E-state index contributed by atoms with van der Waals surface area (Å²) in [5, 5.41) is 0. The van der Waals surface area contributed by atoms with Crippen LogP contribution in [0.5, 0.6) is 0 Å². The molecule has 2 aromatic rings. The molecule has 1 aliphatic rings. The van der Waals surface area contributed by atoms with Crippen molar-refractivity contribution >= 4 is 39.2 Å². The Morgan fingerprint density at radius 1 is 1.14 bits per heavy atom. The molecule has 28 heavy (non-hydrogen) atoms. The van der Waals surface area contributed by atoms with Crippen LogP contribution < -0.4 is 4.31 Å². The monoisotopic (exact) mass is 419 g/mol. The van der Waals surface area contributed by atoms with E-state index >= 15 is 0 Å². The van der Waals surface area contributed by atoms with Crippen LogP contribution in [-0.2, 0) is 21.2 Å². The molecule has 0 spiro atoms. The minimum Gasteiger partial charge on any atom is -0.454 e. The number of hydrogen-bond acceptors (Lipinski definition) is 6. The molecule has 0 radical (unpaired) electrons. The number of sulfonamides is 1. The summed E-state index contributed by atoms with van der Waals surface area (Å²) in [6.07, 6.45) is 3.63. The second-order valence-corrected chi connectivity index (χ2v) is 9.42. The lowest BCUT2D eigenvalue weighted by atomic mass is 10.1. The number of nitrogens with zero attached hydrogens (tertiary/aromatic N) is 1. The third kappa shape index (κ3) is 4.23. The van der Waals surface area contributed by atoms with E-state index in [1.807, 2.05) is 25.3 Å². The SMILES string of the molecule is CSc1ccc(C(=O)COC(=O)c2ccc3c(c2)CC(C)N3S(C)(=O)=O)cc1. The molecule has 6 nitrogen and oxygen atoms in total. The molecule has 1 unspecified atom stereocenters. The first kappa shape index (κ1) is 20.4. The number of thioether (sulfide) groups is 1. The van der Waals surface area contributed by atoms with Crippen LogP contribution >= 0.6 is 11.8 Å². The van der Waals surface area contributed by atoms with Gasteiger partial charge in [-0.1, -0.05) is 12.1 Å². The van der Waals surface area contributed by atoms with Gasteiger partial charge in [-0.15, -0.1) is 11.8 Å². The highest BCUT2D eigenvalue weighted by molar-refractivity contribution is 7.98. The van der Waals surface area contributed by atoms with Gasteiger partial charge in [-0.25, -0.2) is 13.2 Å². The van der Waals surface area contributed by atoms with Crippen molar-refractivity contribution in [1.82, 2.24) is 0 Å². The molecule has 2 aromatic carbocycles. The number of carbonyl (C=O) groups is 2. The normalized spacial score (nSPS) is 16.0. The number of fused-ring (bicyclic) bond motifs is 1. The highest BCUT2D eigenvalue weighted by Gasteiger charge is 2.32. The molecule has 0 amide bonds. The first-order valence-corrected chi connectivity index (χ1v) is 11.7. The lowest BCUT2D eigenvalue weighted by Gasteiger charge is -2.21. The van der Waals surface area contributed by atoms with Crippen LogP contribution in [0.4, 0.5) is 5.69 Å². The molecule has 148 valence electrons. The maximum atomic E-state index is 12.3. The molecule has 1 aliphatic heterocycles. The maximum absolute atomic E-state index is 12.3. The number of benzene rings is 2. The van der Waals surface area contributed by atoms with Crippen LogP contribution in [-0.4, -0.2) is 45.3 Å². The molecule has 1 heterocycles. The zero-order valence-electron chi connectivity index (χ0n) is 15.8. The molecule has 0 N–H and O–H groups in total. The fourth-order valence-electron chi connectivity index (χ4n) is 3.31. The summed E-state index contributed by atoms with van der Waals surface area (Å²) in [5.41, 5.74) is 2.13. The van der Waals surface area contributed by atoms with Crippen molar-refractivity contribution in [2.75, 3.05) is 23.4 Å². The summed E-state index contributed by atoms with van der Waals surface area (Å²) in [4.78, 5) is 25.6. The molecule has 0 bridgehead atoms. The first-order chi connectivity index (χ1) is 13.2. The number of Topliss-reactive ketones (excluding diaryl/α,β-unsaturated/α-hetero) is 1. The molecule has 0 saturated carbocycles. The number of hydrogen-bond donors (Lipinski definition) is 0. The van der Waals surface area contributed by atoms with Crippen molar-refractivity contribution in [2.45, 2.75) is 24.3 Å². The number of ether oxygens (including phenoxy) is 1. The van der Waals surface area contributed by atoms with E-state index in [4.69, 9.17) is 4.74 Å². The standard InChI is InChI=1S/C20H21NO5S2/c1-13-10-16-11-15(6-9-18(16)21(13)28(3,24)25)20(23)26-12-19(22)14-4-7-17(27-2)8-5-14/h4-9,11,13H,10,12H2,1-3H3. The van der Waals surface area contributed by atoms with Gasteiger partial charge in [0.05, 0.1) is 17.5 Å². The van der Waals surface area contributed by atoms with E-state index in [1.54, 1.807) is 36.0 Å². The second-order valence-electron chi connectivity index (χ2n) is 6.68. The van der Waals surface area contributed by atoms with Crippen molar-refractivity contribution in [1.29, 1.82) is 0 Å². The summed E-state index contributed by atoms with van der Waals surface area (Å²) < 4.78 is 30.5. The van der Waals surface area contributed by atoms with Crippen LogP contribution in [0.3, 0.4) is 0 Å². The van der Waals surface area contributed by atoms with Crippen LogP contribution in [0.25, 0.3) is 0 Å². The van der Waals surface area contributed by atoms with Gasteiger partial charge >= 0.3 is 5.97 Å². The average Bonchev–Trinajstić information content (AvgIpc) is 3.00. The first-order valence-electron chi connectivity index (χ1n) is 8.67. The quantitative estimate of drug-likeness (QED) is 0.406. The van der Waals surface area contributed by atoms with Crippen molar-refractivity contribution in [2.24, 2.45) is 0 Å². The Morgan fingerprint density at radius 3 is 2.39 bits per heavy atom. The Kier molecular flexibility index (Phi) is 5.81. The predicted molar refractivity (Wildman–Crippen MR) is 110 cm³/mol. The fourth-order valence-corrected chi connectivity index (χ4v) is 4.98. The average molecular weight is 420 g/mol. The highest BCUT2D eigenvalue weighted by atomic mass is 32.2. The second kappa shape index (κ2) is 7.97. The van der Waals surface area contributed by atoms with Gasteiger partial charge in [0.2, 0.25) is 10.0 Å². The number of ketones is 1. The van der Waals surface area contributed by atoms with Crippen molar-refractivity contribution in [3.05, 3.63) is 59.2 Å². The predicted octanol–water partition coefficient (Wildman–Crippen LogP) is 3.16. The summed E-state index contributed by atoms with van der Waals surface area (Å²) in [6.45, 7) is 1.47. The number of rotatable bonds is 6. The summed E-state index contributed by atoms with van der Waals surface area (Å²) >= 11 is 1.58. The minimum absolute atomic E-state index is 0.206. The fraction of sp³-hybridized carbons (Fsp3) is 0.300. The minimum atomic E-state index is -3.38. The topological polar surface area (TPSA) is 80.8 Å². The van der Waals surface area contributed by atoms with Gasteiger partial charge in [-0.3, -0.25) is 9.10 Å². The molecular formula is C20H21NO5S2. The van der Waals surface area contributed by atoms with Crippen LogP contribution in [0, 0.1) is 0 Å². The molecule has 8 heteroatoms. The molecule has 1 atom stereocenters. The van der Waals surface area contributed by atoms with E-state index < -0.39 is 16.0 Å². The van der Waals surface area contributed by atoms with Crippen LogP contribution in [0.1, 0.15) is 33.2 Å². The number of esters is 1. The van der Waals surface area contributed by atoms with Gasteiger partial charge in [0.1, 0.15) is 0 Å². The Labute approximate surface area is 168 Å². The Bertz CT molecular complexity index is 1020. The Hall–Kier alpha value is -2.32. The largest absolute Gasteiger partial charge is 0.454 e. The van der Waals surface area contributed by atoms with Crippen molar-refractivity contribution < 1.29 is 22.7 Å². The van der Waals surface area contributed by atoms with E-state index in [9.17, 15) is 18.0 Å². The van der Waals surface area contributed by atoms with Crippen LogP contribution in [0.15, 0.2) is 47.4 Å². The molecule has 0 aromatic heterocycles. The van der Waals surface area contributed by atoms with Crippen molar-refractivity contribution in [3.8, 4) is 0 Å². The lowest BCUT2D eigenvalue weighted by Crippen LogP contribution is -2.34. The van der Waals surface area contributed by atoms with Gasteiger partial charge in [0.25, 0.3) is 0 Å². The van der Waals surface area contributed by atoms with E-state index in [2.05, 4.69) is 0 Å². The van der Waals surface area contributed by atoms with E-state index in [0.717, 1.165) is 16.7 Å². The number of carbonyl (C=O) groups excluding carboxylic acids is 2. The zero-order valence-corrected chi connectivity index (χ0v) is 17.5. The van der Waals surface area contributed by atoms with E-state index in [-0.39, 0.29) is 18.4 Å². The van der Waals surface area contributed by atoms with Crippen LogP contribution in [0.2, 0.25) is 0 Å². The van der Waals surface area contributed by atoms with Gasteiger partial charge in [-0.2, -0.15) is 0 Å². The Balaban J connectivity index is 1.69. The van der Waals surface area contributed by atoms with E-state index in [1.165, 1.54) is 10.4 Å². The smallest absolute Gasteiger partial charge is 0.338 e. The van der Waals surface area contributed by atoms with Crippen molar-refractivity contribution in [3.63, 3.8) is 0 Å².